The summed E-state index contributed by atoms with van der Waals surface area (Å²) in [6.45, 7) is 4.35. The van der Waals surface area contributed by atoms with Crippen LogP contribution in [-0.4, -0.2) is 43.3 Å². The minimum absolute atomic E-state index is 0.162. The summed E-state index contributed by atoms with van der Waals surface area (Å²) in [6, 6.07) is 5.67. The summed E-state index contributed by atoms with van der Waals surface area (Å²) in [6.07, 6.45) is 2.78. The molecule has 1 aromatic carbocycles. The van der Waals surface area contributed by atoms with Gasteiger partial charge >= 0.3 is 0 Å². The van der Waals surface area contributed by atoms with Crippen molar-refractivity contribution < 1.29 is 9.13 Å². The van der Waals surface area contributed by atoms with E-state index in [1.807, 2.05) is 6.07 Å². The number of morpholine rings is 1. The van der Waals surface area contributed by atoms with Gasteiger partial charge in [0.05, 0.1) is 12.7 Å². The van der Waals surface area contributed by atoms with Crippen molar-refractivity contribution in [1.82, 2.24) is 10.2 Å². The van der Waals surface area contributed by atoms with Crippen molar-refractivity contribution in [3.63, 3.8) is 0 Å². The molecule has 0 bridgehead atoms. The highest BCUT2D eigenvalue weighted by Crippen LogP contribution is 2.22. The average molecular weight is 343 g/mol. The highest BCUT2D eigenvalue weighted by molar-refractivity contribution is 9.10. The van der Waals surface area contributed by atoms with Crippen molar-refractivity contribution in [3.05, 3.63) is 34.1 Å². The summed E-state index contributed by atoms with van der Waals surface area (Å²) in [4.78, 5) is 2.52. The van der Waals surface area contributed by atoms with E-state index in [0.29, 0.717) is 18.2 Å². The molecule has 2 aliphatic heterocycles. The molecule has 2 fully saturated rings. The maximum atomic E-state index is 13.6. The van der Waals surface area contributed by atoms with Gasteiger partial charge in [-0.05, 0) is 37.6 Å². The van der Waals surface area contributed by atoms with Crippen molar-refractivity contribution >= 4 is 15.9 Å². The minimum Gasteiger partial charge on any atom is -0.374 e. The van der Waals surface area contributed by atoms with Gasteiger partial charge in [0.1, 0.15) is 5.82 Å². The van der Waals surface area contributed by atoms with Gasteiger partial charge in [0.25, 0.3) is 0 Å². The second-order valence-electron chi connectivity index (χ2n) is 5.61. The van der Waals surface area contributed by atoms with Crippen LogP contribution in [0.25, 0.3) is 0 Å². The van der Waals surface area contributed by atoms with E-state index in [0.717, 1.165) is 24.2 Å². The topological polar surface area (TPSA) is 24.5 Å². The molecule has 1 N–H and O–H groups in total. The molecule has 0 aromatic heterocycles. The minimum atomic E-state index is -0.162. The largest absolute Gasteiger partial charge is 0.374 e. The molecule has 1 aromatic rings. The first-order valence-corrected chi connectivity index (χ1v) is 8.02. The van der Waals surface area contributed by atoms with Crippen LogP contribution >= 0.6 is 15.9 Å². The highest BCUT2D eigenvalue weighted by atomic mass is 79.9. The Balaban J connectivity index is 1.47. The molecular weight excluding hydrogens is 323 g/mol. The molecule has 0 aliphatic carbocycles. The Morgan fingerprint density at radius 3 is 3.25 bits per heavy atom. The van der Waals surface area contributed by atoms with Gasteiger partial charge in [0.15, 0.2) is 0 Å². The zero-order chi connectivity index (χ0) is 13.9. The van der Waals surface area contributed by atoms with Crippen LogP contribution in [0.4, 0.5) is 4.39 Å². The molecule has 20 heavy (non-hydrogen) atoms. The summed E-state index contributed by atoms with van der Waals surface area (Å²) in [5, 5.41) is 3.31. The van der Waals surface area contributed by atoms with Crippen LogP contribution in [0.2, 0.25) is 0 Å². The van der Waals surface area contributed by atoms with Gasteiger partial charge in [-0.1, -0.05) is 15.9 Å². The average Bonchev–Trinajstić information content (AvgIpc) is 2.90. The molecule has 0 spiro atoms. The third kappa shape index (κ3) is 3.39. The molecule has 3 rings (SSSR count). The number of ether oxygens (including phenoxy) is 1. The van der Waals surface area contributed by atoms with Crippen LogP contribution in [0.15, 0.2) is 22.7 Å². The van der Waals surface area contributed by atoms with Gasteiger partial charge in [-0.15, -0.1) is 0 Å². The number of halogens is 2. The zero-order valence-corrected chi connectivity index (χ0v) is 13.0. The predicted molar refractivity (Wildman–Crippen MR) is 80.1 cm³/mol. The molecule has 110 valence electrons. The van der Waals surface area contributed by atoms with E-state index >= 15 is 0 Å². The third-order valence-electron chi connectivity index (χ3n) is 4.16. The summed E-state index contributed by atoms with van der Waals surface area (Å²) in [5.41, 5.74) is 0.689. The predicted octanol–water partition coefficient (Wildman–Crippen LogP) is 2.54. The molecule has 5 heteroatoms. The Morgan fingerprint density at radius 1 is 1.45 bits per heavy atom. The van der Waals surface area contributed by atoms with Gasteiger partial charge in [-0.2, -0.15) is 0 Å². The SMILES string of the molecule is Fc1ccc(Br)cc1CNCC1CN2CCCC2CO1. The second kappa shape index (κ2) is 6.52. The van der Waals surface area contributed by atoms with Gasteiger partial charge in [-0.25, -0.2) is 4.39 Å². The molecule has 2 heterocycles. The number of fused-ring (bicyclic) bond motifs is 1. The first kappa shape index (κ1) is 14.4. The van der Waals surface area contributed by atoms with Crippen molar-refractivity contribution in [2.24, 2.45) is 0 Å². The second-order valence-corrected chi connectivity index (χ2v) is 6.53. The Morgan fingerprint density at radius 2 is 2.35 bits per heavy atom. The Kier molecular flexibility index (Phi) is 4.71. The van der Waals surface area contributed by atoms with Crippen molar-refractivity contribution in [2.45, 2.75) is 31.5 Å². The number of nitrogens with one attached hydrogen (secondary N) is 1. The van der Waals surface area contributed by atoms with E-state index in [-0.39, 0.29) is 11.9 Å². The molecule has 0 saturated carbocycles. The normalized spacial score (nSPS) is 26.7. The van der Waals surface area contributed by atoms with Crippen molar-refractivity contribution in [2.75, 3.05) is 26.2 Å². The number of rotatable bonds is 4. The lowest BCUT2D eigenvalue weighted by Crippen LogP contribution is -2.49. The quantitative estimate of drug-likeness (QED) is 0.909. The van der Waals surface area contributed by atoms with E-state index in [9.17, 15) is 4.39 Å². The Labute approximate surface area is 127 Å². The first-order valence-electron chi connectivity index (χ1n) is 7.22. The van der Waals surface area contributed by atoms with E-state index in [2.05, 4.69) is 26.1 Å². The monoisotopic (exact) mass is 342 g/mol. The van der Waals surface area contributed by atoms with Crippen LogP contribution in [0.5, 0.6) is 0 Å². The first-order chi connectivity index (χ1) is 9.72. The molecule has 2 aliphatic rings. The van der Waals surface area contributed by atoms with Gasteiger partial charge < -0.3 is 10.1 Å². The number of hydrogen-bond acceptors (Lipinski definition) is 3. The molecule has 2 atom stereocenters. The molecule has 0 amide bonds. The molecular formula is C15H20BrFN2O. The van der Waals surface area contributed by atoms with Crippen LogP contribution in [-0.2, 0) is 11.3 Å². The molecule has 0 radical (unpaired) electrons. The van der Waals surface area contributed by atoms with Crippen molar-refractivity contribution in [1.29, 1.82) is 0 Å². The fourth-order valence-electron chi connectivity index (χ4n) is 3.06. The summed E-state index contributed by atoms with van der Waals surface area (Å²) < 4.78 is 20.4. The lowest BCUT2D eigenvalue weighted by molar-refractivity contribution is -0.0470. The number of nitrogens with zero attached hydrogens (tertiary/aromatic N) is 1. The lowest BCUT2D eigenvalue weighted by Gasteiger charge is -2.35. The molecule has 2 saturated heterocycles. The number of hydrogen-bond donors (Lipinski definition) is 1. The van der Waals surface area contributed by atoms with E-state index in [1.165, 1.54) is 25.5 Å². The van der Waals surface area contributed by atoms with Crippen LogP contribution in [0.1, 0.15) is 18.4 Å². The summed E-state index contributed by atoms with van der Waals surface area (Å²) in [5.74, 6) is -0.162. The molecule has 3 nitrogen and oxygen atoms in total. The van der Waals surface area contributed by atoms with E-state index in [4.69, 9.17) is 4.74 Å². The van der Waals surface area contributed by atoms with Gasteiger partial charge in [-0.3, -0.25) is 4.90 Å². The van der Waals surface area contributed by atoms with Gasteiger partial charge in [0.2, 0.25) is 0 Å². The zero-order valence-electron chi connectivity index (χ0n) is 11.4. The van der Waals surface area contributed by atoms with E-state index < -0.39 is 0 Å². The summed E-state index contributed by atoms with van der Waals surface area (Å²) >= 11 is 3.37. The third-order valence-corrected chi connectivity index (χ3v) is 4.65. The summed E-state index contributed by atoms with van der Waals surface area (Å²) in [7, 11) is 0. The lowest BCUT2D eigenvalue weighted by atomic mass is 10.2. The van der Waals surface area contributed by atoms with Crippen LogP contribution < -0.4 is 5.32 Å². The highest BCUT2D eigenvalue weighted by Gasteiger charge is 2.31. The fraction of sp³-hybridized carbons (Fsp3) is 0.600. The van der Waals surface area contributed by atoms with Crippen molar-refractivity contribution in [3.8, 4) is 0 Å². The smallest absolute Gasteiger partial charge is 0.127 e. The number of benzene rings is 1. The van der Waals surface area contributed by atoms with Gasteiger partial charge in [0, 0.05) is 35.7 Å². The van der Waals surface area contributed by atoms with Crippen LogP contribution in [0, 0.1) is 5.82 Å². The Hall–Kier alpha value is -0.490. The fourth-order valence-corrected chi connectivity index (χ4v) is 3.46. The van der Waals surface area contributed by atoms with E-state index in [1.54, 1.807) is 6.07 Å². The van der Waals surface area contributed by atoms with Crippen LogP contribution in [0.3, 0.4) is 0 Å². The Bertz CT molecular complexity index is 471. The molecule has 2 unspecified atom stereocenters. The maximum absolute atomic E-state index is 13.6. The maximum Gasteiger partial charge on any atom is 0.127 e. The standard InChI is InChI=1S/C15H20BrFN2O/c16-12-3-4-15(17)11(6-12)7-18-8-14-9-19-5-1-2-13(19)10-20-14/h3-4,6,13-14,18H,1-2,5,7-10H2.